The Hall–Kier alpha value is -1.34. The van der Waals surface area contributed by atoms with Crippen molar-refractivity contribution >= 4 is 11.9 Å². The molecule has 0 aromatic heterocycles. The van der Waals surface area contributed by atoms with Gasteiger partial charge < -0.3 is 25.0 Å². The van der Waals surface area contributed by atoms with Gasteiger partial charge in [-0.1, -0.05) is 13.8 Å². The summed E-state index contributed by atoms with van der Waals surface area (Å²) in [6.07, 6.45) is 4.43. The molecule has 0 aromatic carbocycles. The summed E-state index contributed by atoms with van der Waals surface area (Å²) in [5, 5.41) is 7.00. The van der Waals surface area contributed by atoms with Crippen LogP contribution in [0, 0.1) is 11.3 Å². The number of ether oxygens (including phenoxy) is 2. The van der Waals surface area contributed by atoms with E-state index >= 15 is 0 Å². The van der Waals surface area contributed by atoms with E-state index in [1.54, 1.807) is 26.1 Å². The first-order valence-corrected chi connectivity index (χ1v) is 9.82. The van der Waals surface area contributed by atoms with Crippen LogP contribution in [0.15, 0.2) is 4.99 Å². The smallest absolute Gasteiger partial charge is 0.243 e. The summed E-state index contributed by atoms with van der Waals surface area (Å²) in [7, 11) is 5.30. The van der Waals surface area contributed by atoms with Gasteiger partial charge in [-0.15, -0.1) is 0 Å². The molecule has 1 saturated carbocycles. The number of carbonyl (C=O) groups is 1. The zero-order chi connectivity index (χ0) is 19.2. The third-order valence-corrected chi connectivity index (χ3v) is 6.15. The first-order chi connectivity index (χ1) is 12.5. The van der Waals surface area contributed by atoms with Crippen molar-refractivity contribution in [3.8, 4) is 0 Å². The van der Waals surface area contributed by atoms with E-state index < -0.39 is 0 Å². The monoisotopic (exact) mass is 368 g/mol. The van der Waals surface area contributed by atoms with Crippen molar-refractivity contribution in [3.63, 3.8) is 0 Å². The Labute approximate surface area is 157 Å². The van der Waals surface area contributed by atoms with E-state index in [1.165, 1.54) is 0 Å². The van der Waals surface area contributed by atoms with Gasteiger partial charge in [-0.25, -0.2) is 4.99 Å². The van der Waals surface area contributed by atoms with Gasteiger partial charge in [0.25, 0.3) is 0 Å². The van der Waals surface area contributed by atoms with Crippen molar-refractivity contribution in [2.24, 2.45) is 16.3 Å². The van der Waals surface area contributed by atoms with E-state index in [4.69, 9.17) is 9.47 Å². The number of guanidine groups is 1. The van der Waals surface area contributed by atoms with Gasteiger partial charge in [-0.3, -0.25) is 4.79 Å². The molecule has 1 amide bonds. The fourth-order valence-electron chi connectivity index (χ4n) is 4.07. The van der Waals surface area contributed by atoms with Crippen molar-refractivity contribution in [1.29, 1.82) is 0 Å². The van der Waals surface area contributed by atoms with Gasteiger partial charge in [0.15, 0.2) is 5.96 Å². The number of amides is 1. The number of methoxy groups -OCH3 is 1. The lowest BCUT2D eigenvalue weighted by atomic mass is 9.58. The van der Waals surface area contributed by atoms with Crippen molar-refractivity contribution in [2.75, 3.05) is 47.5 Å². The van der Waals surface area contributed by atoms with Gasteiger partial charge in [0, 0.05) is 51.7 Å². The topological polar surface area (TPSA) is 75.2 Å². The number of aliphatic imine (C=N–C) groups is 1. The molecule has 26 heavy (non-hydrogen) atoms. The van der Waals surface area contributed by atoms with Crippen LogP contribution in [0.1, 0.15) is 39.5 Å². The number of nitrogens with zero attached hydrogens (tertiary/aromatic N) is 2. The van der Waals surface area contributed by atoms with Crippen LogP contribution in [0.25, 0.3) is 0 Å². The minimum atomic E-state index is -0.00377. The molecule has 0 bridgehead atoms. The summed E-state index contributed by atoms with van der Waals surface area (Å²) in [4.78, 5) is 18.0. The minimum Gasteiger partial charge on any atom is -0.381 e. The summed E-state index contributed by atoms with van der Waals surface area (Å²) < 4.78 is 11.1. The van der Waals surface area contributed by atoms with E-state index in [1.807, 2.05) is 0 Å². The lowest BCUT2D eigenvalue weighted by Crippen LogP contribution is -2.65. The summed E-state index contributed by atoms with van der Waals surface area (Å²) in [6, 6.07) is 0.308. The highest BCUT2D eigenvalue weighted by Gasteiger charge is 2.53. The molecule has 1 aliphatic heterocycles. The summed E-state index contributed by atoms with van der Waals surface area (Å²) >= 11 is 0. The van der Waals surface area contributed by atoms with Crippen molar-refractivity contribution in [3.05, 3.63) is 0 Å². The Morgan fingerprint density at radius 2 is 2.08 bits per heavy atom. The van der Waals surface area contributed by atoms with Crippen molar-refractivity contribution in [2.45, 2.75) is 51.7 Å². The molecule has 3 atom stereocenters. The Kier molecular flexibility index (Phi) is 7.70. The SMILES string of the molecule is CCC1(CC)C(NC(=NCC(=O)N(C)C)NCC2CCOC2)CC1OC. The molecule has 1 aliphatic carbocycles. The maximum absolute atomic E-state index is 11.9. The third kappa shape index (κ3) is 4.68. The predicted octanol–water partition coefficient (Wildman–Crippen LogP) is 1.24. The molecule has 7 heteroatoms. The minimum absolute atomic E-state index is 0.00377. The molecule has 150 valence electrons. The maximum Gasteiger partial charge on any atom is 0.243 e. The summed E-state index contributed by atoms with van der Waals surface area (Å²) in [6.45, 7) is 7.03. The molecule has 2 N–H and O–H groups in total. The van der Waals surface area contributed by atoms with Gasteiger partial charge in [0.1, 0.15) is 6.54 Å². The number of nitrogens with one attached hydrogen (secondary N) is 2. The van der Waals surface area contributed by atoms with Gasteiger partial charge >= 0.3 is 0 Å². The average Bonchev–Trinajstić information content (AvgIpc) is 3.14. The number of likely N-dealkylation sites (N-methyl/N-ethyl adjacent to an activating group) is 1. The number of carbonyl (C=O) groups excluding carboxylic acids is 1. The molecular formula is C19H36N4O3. The average molecular weight is 369 g/mol. The number of rotatable bonds is 8. The lowest BCUT2D eigenvalue weighted by Gasteiger charge is -2.55. The lowest BCUT2D eigenvalue weighted by molar-refractivity contribution is -0.127. The standard InChI is InChI=1S/C19H36N4O3/c1-6-19(7-2)15(10-16(19)25-5)22-18(21-12-17(24)23(3)4)20-11-14-8-9-26-13-14/h14-16H,6-13H2,1-5H3,(H2,20,21,22). The van der Waals surface area contributed by atoms with Crippen LogP contribution >= 0.6 is 0 Å². The van der Waals surface area contributed by atoms with Crippen LogP contribution in [0.4, 0.5) is 0 Å². The Bertz CT molecular complexity index is 485. The largest absolute Gasteiger partial charge is 0.381 e. The summed E-state index contributed by atoms with van der Waals surface area (Å²) in [5.74, 6) is 1.22. The van der Waals surface area contributed by atoms with E-state index in [-0.39, 0.29) is 24.0 Å². The zero-order valence-electron chi connectivity index (χ0n) is 17.0. The fourth-order valence-corrected chi connectivity index (χ4v) is 4.07. The molecular weight excluding hydrogens is 332 g/mol. The molecule has 0 radical (unpaired) electrons. The highest BCUT2D eigenvalue weighted by molar-refractivity contribution is 5.85. The van der Waals surface area contributed by atoms with Crippen LogP contribution in [0.2, 0.25) is 0 Å². The quantitative estimate of drug-likeness (QED) is 0.498. The molecule has 2 aliphatic rings. The second-order valence-electron chi connectivity index (χ2n) is 7.66. The molecule has 3 unspecified atom stereocenters. The maximum atomic E-state index is 11.9. The zero-order valence-corrected chi connectivity index (χ0v) is 17.0. The molecule has 1 heterocycles. The van der Waals surface area contributed by atoms with Crippen molar-refractivity contribution < 1.29 is 14.3 Å². The van der Waals surface area contributed by atoms with E-state index in [0.29, 0.717) is 12.0 Å². The molecule has 1 saturated heterocycles. The van der Waals surface area contributed by atoms with Crippen LogP contribution in [-0.2, 0) is 14.3 Å². The molecule has 7 nitrogen and oxygen atoms in total. The van der Waals surface area contributed by atoms with Gasteiger partial charge in [-0.2, -0.15) is 0 Å². The second kappa shape index (κ2) is 9.55. The van der Waals surface area contributed by atoms with Gasteiger partial charge in [0.05, 0.1) is 12.7 Å². The van der Waals surface area contributed by atoms with Crippen LogP contribution < -0.4 is 10.6 Å². The van der Waals surface area contributed by atoms with E-state index in [2.05, 4.69) is 29.5 Å². The summed E-state index contributed by atoms with van der Waals surface area (Å²) in [5.41, 5.74) is 0.124. The normalized spacial score (nSPS) is 27.7. The molecule has 2 fully saturated rings. The highest BCUT2D eigenvalue weighted by atomic mass is 16.5. The second-order valence-corrected chi connectivity index (χ2v) is 7.66. The Balaban J connectivity index is 2.02. The van der Waals surface area contributed by atoms with E-state index in [0.717, 1.165) is 51.4 Å². The molecule has 0 spiro atoms. The first-order valence-electron chi connectivity index (χ1n) is 9.82. The fraction of sp³-hybridized carbons (Fsp3) is 0.895. The van der Waals surface area contributed by atoms with E-state index in [9.17, 15) is 4.79 Å². The van der Waals surface area contributed by atoms with Gasteiger partial charge in [-0.05, 0) is 25.7 Å². The van der Waals surface area contributed by atoms with Crippen LogP contribution in [0.5, 0.6) is 0 Å². The molecule has 2 rings (SSSR count). The van der Waals surface area contributed by atoms with Crippen LogP contribution in [-0.4, -0.2) is 76.4 Å². The van der Waals surface area contributed by atoms with Gasteiger partial charge in [0.2, 0.25) is 5.91 Å². The number of hydrogen-bond acceptors (Lipinski definition) is 4. The predicted molar refractivity (Wildman–Crippen MR) is 103 cm³/mol. The third-order valence-electron chi connectivity index (χ3n) is 6.15. The highest BCUT2D eigenvalue weighted by Crippen LogP contribution is 2.48. The van der Waals surface area contributed by atoms with Crippen LogP contribution in [0.3, 0.4) is 0 Å². The van der Waals surface area contributed by atoms with Crippen molar-refractivity contribution in [1.82, 2.24) is 15.5 Å². The molecule has 0 aromatic rings. The first kappa shape index (κ1) is 21.0. The Morgan fingerprint density at radius 3 is 2.62 bits per heavy atom. The Morgan fingerprint density at radius 1 is 1.35 bits per heavy atom. The number of hydrogen-bond donors (Lipinski definition) is 2.